The number of carbonyl (C=O) groups is 3. The smallest absolute Gasteiger partial charge is 0.229 e. The summed E-state index contributed by atoms with van der Waals surface area (Å²) in [5.74, 6) is 0.0151. The van der Waals surface area contributed by atoms with Crippen molar-refractivity contribution >= 4 is 34.1 Å². The number of amides is 2. The fourth-order valence-corrected chi connectivity index (χ4v) is 4.36. The monoisotopic (exact) mass is 349 g/mol. The van der Waals surface area contributed by atoms with Crippen molar-refractivity contribution in [2.24, 2.45) is 11.3 Å². The van der Waals surface area contributed by atoms with Gasteiger partial charge in [-0.25, -0.2) is 4.98 Å². The van der Waals surface area contributed by atoms with Gasteiger partial charge in [-0.05, 0) is 24.7 Å². The molecule has 6 nitrogen and oxygen atoms in total. The van der Waals surface area contributed by atoms with Crippen molar-refractivity contribution in [1.29, 1.82) is 0 Å². The number of hydrogen-bond donors (Lipinski definition) is 1. The summed E-state index contributed by atoms with van der Waals surface area (Å²) in [6, 6.07) is 0. The summed E-state index contributed by atoms with van der Waals surface area (Å²) < 4.78 is 0. The van der Waals surface area contributed by atoms with Crippen LogP contribution in [0.4, 0.5) is 5.13 Å². The summed E-state index contributed by atoms with van der Waals surface area (Å²) >= 11 is 1.28. The number of anilines is 1. The van der Waals surface area contributed by atoms with Gasteiger partial charge < -0.3 is 10.2 Å². The largest absolute Gasteiger partial charge is 0.343 e. The van der Waals surface area contributed by atoms with E-state index >= 15 is 0 Å². The van der Waals surface area contributed by atoms with E-state index in [0.717, 1.165) is 12.1 Å². The van der Waals surface area contributed by atoms with Crippen molar-refractivity contribution in [3.8, 4) is 0 Å². The molecule has 2 aliphatic rings. The van der Waals surface area contributed by atoms with Gasteiger partial charge in [-0.2, -0.15) is 0 Å². The third kappa shape index (κ3) is 3.50. The number of aromatic nitrogens is 1. The minimum atomic E-state index is -0.103. The normalized spacial score (nSPS) is 20.6. The Morgan fingerprint density at radius 1 is 1.25 bits per heavy atom. The molecule has 0 spiro atoms. The van der Waals surface area contributed by atoms with E-state index in [2.05, 4.69) is 24.1 Å². The minimum Gasteiger partial charge on any atom is -0.343 e. The van der Waals surface area contributed by atoms with Gasteiger partial charge in [0.05, 0.1) is 10.6 Å². The Bertz CT molecular complexity index is 687. The van der Waals surface area contributed by atoms with Crippen LogP contribution in [0, 0.1) is 11.3 Å². The van der Waals surface area contributed by atoms with Gasteiger partial charge in [0.15, 0.2) is 10.9 Å². The van der Waals surface area contributed by atoms with Crippen molar-refractivity contribution in [2.45, 2.75) is 46.5 Å². The molecular formula is C17H23N3O3S. The number of Topliss-reactive ketones (excluding diaryl/α,β-unsaturated/α-hetero) is 1. The SMILES string of the molecule is CC(=O)N1CCC(C(=O)Nc2nc3c(s2)C(=O)CC(C)(C)C3)CC1. The Morgan fingerprint density at radius 2 is 1.92 bits per heavy atom. The molecule has 2 amide bonds. The lowest BCUT2D eigenvalue weighted by Crippen LogP contribution is -2.40. The topological polar surface area (TPSA) is 79.4 Å². The molecule has 0 unspecified atom stereocenters. The molecule has 1 saturated heterocycles. The van der Waals surface area contributed by atoms with Gasteiger partial charge in [-0.15, -0.1) is 0 Å². The van der Waals surface area contributed by atoms with Crippen molar-refractivity contribution in [2.75, 3.05) is 18.4 Å². The van der Waals surface area contributed by atoms with Gasteiger partial charge in [0.1, 0.15) is 0 Å². The van der Waals surface area contributed by atoms with Gasteiger partial charge in [0.25, 0.3) is 0 Å². The van der Waals surface area contributed by atoms with E-state index in [1.807, 2.05) is 0 Å². The molecule has 1 aliphatic carbocycles. The van der Waals surface area contributed by atoms with Crippen LogP contribution in [0.3, 0.4) is 0 Å². The Hall–Kier alpha value is -1.76. The van der Waals surface area contributed by atoms with Crippen LogP contribution in [0.25, 0.3) is 0 Å². The molecule has 0 radical (unpaired) electrons. The Morgan fingerprint density at radius 3 is 2.54 bits per heavy atom. The summed E-state index contributed by atoms with van der Waals surface area (Å²) in [5.41, 5.74) is 0.738. The second-order valence-corrected chi connectivity index (χ2v) is 8.50. The summed E-state index contributed by atoms with van der Waals surface area (Å²) in [6.45, 7) is 6.92. The van der Waals surface area contributed by atoms with Crippen LogP contribution in [-0.2, 0) is 16.0 Å². The summed E-state index contributed by atoms with van der Waals surface area (Å²) in [6.07, 6.45) is 2.63. The molecule has 1 fully saturated rings. The van der Waals surface area contributed by atoms with Crippen molar-refractivity contribution in [1.82, 2.24) is 9.88 Å². The Kier molecular flexibility index (Phi) is 4.46. The fourth-order valence-electron chi connectivity index (χ4n) is 3.44. The number of rotatable bonds is 2. The van der Waals surface area contributed by atoms with Crippen molar-refractivity contribution in [3.05, 3.63) is 10.6 Å². The van der Waals surface area contributed by atoms with Crippen molar-refractivity contribution in [3.63, 3.8) is 0 Å². The van der Waals surface area contributed by atoms with E-state index in [4.69, 9.17) is 0 Å². The highest BCUT2D eigenvalue weighted by Gasteiger charge is 2.34. The second kappa shape index (κ2) is 6.27. The van der Waals surface area contributed by atoms with E-state index in [0.29, 0.717) is 42.4 Å². The van der Waals surface area contributed by atoms with Crippen LogP contribution >= 0.6 is 11.3 Å². The standard InChI is InChI=1S/C17H23N3O3S/c1-10(21)20-6-4-11(5-7-20)15(23)19-16-18-12-8-17(2,3)9-13(22)14(12)24-16/h11H,4-9H2,1-3H3,(H,18,19,23). The van der Waals surface area contributed by atoms with Crippen LogP contribution in [0.15, 0.2) is 0 Å². The van der Waals surface area contributed by atoms with E-state index in [1.165, 1.54) is 11.3 Å². The van der Waals surface area contributed by atoms with Gasteiger partial charge in [0, 0.05) is 32.4 Å². The van der Waals surface area contributed by atoms with Gasteiger partial charge in [-0.1, -0.05) is 25.2 Å². The van der Waals surface area contributed by atoms with E-state index in [1.54, 1.807) is 11.8 Å². The highest BCUT2D eigenvalue weighted by Crippen LogP contribution is 2.38. The number of nitrogens with one attached hydrogen (secondary N) is 1. The quantitative estimate of drug-likeness (QED) is 0.890. The van der Waals surface area contributed by atoms with Gasteiger partial charge >= 0.3 is 0 Å². The number of hydrogen-bond acceptors (Lipinski definition) is 5. The molecule has 1 aromatic heterocycles. The first-order valence-electron chi connectivity index (χ1n) is 8.34. The zero-order valence-corrected chi connectivity index (χ0v) is 15.2. The number of piperidine rings is 1. The zero-order chi connectivity index (χ0) is 17.5. The second-order valence-electron chi connectivity index (χ2n) is 7.51. The van der Waals surface area contributed by atoms with Gasteiger partial charge in [0.2, 0.25) is 11.8 Å². The summed E-state index contributed by atoms with van der Waals surface area (Å²) in [7, 11) is 0. The molecule has 0 bridgehead atoms. The average Bonchev–Trinajstić information content (AvgIpc) is 2.88. The molecule has 1 N–H and O–H groups in total. The lowest BCUT2D eigenvalue weighted by atomic mass is 9.78. The first-order chi connectivity index (χ1) is 11.2. The predicted octanol–water partition coefficient (Wildman–Crippen LogP) is 2.50. The number of ketones is 1. The van der Waals surface area contributed by atoms with E-state index in [9.17, 15) is 14.4 Å². The number of likely N-dealkylation sites (tertiary alicyclic amines) is 1. The number of fused-ring (bicyclic) bond motifs is 1. The molecular weight excluding hydrogens is 326 g/mol. The van der Waals surface area contributed by atoms with Crippen LogP contribution < -0.4 is 5.32 Å². The van der Waals surface area contributed by atoms with Crippen LogP contribution in [-0.4, -0.2) is 40.6 Å². The lowest BCUT2D eigenvalue weighted by molar-refractivity contribution is -0.132. The van der Waals surface area contributed by atoms with Gasteiger partial charge in [-0.3, -0.25) is 14.4 Å². The van der Waals surface area contributed by atoms with Crippen LogP contribution in [0.5, 0.6) is 0 Å². The fraction of sp³-hybridized carbons (Fsp3) is 0.647. The molecule has 2 heterocycles. The maximum absolute atomic E-state index is 12.4. The first-order valence-corrected chi connectivity index (χ1v) is 9.16. The highest BCUT2D eigenvalue weighted by molar-refractivity contribution is 7.17. The minimum absolute atomic E-state index is 0.0579. The Labute approximate surface area is 145 Å². The highest BCUT2D eigenvalue weighted by atomic mass is 32.1. The molecule has 1 aliphatic heterocycles. The number of carbonyl (C=O) groups excluding carboxylic acids is 3. The van der Waals surface area contributed by atoms with Crippen LogP contribution in [0.1, 0.15) is 55.4 Å². The molecule has 130 valence electrons. The van der Waals surface area contributed by atoms with Crippen LogP contribution in [0.2, 0.25) is 0 Å². The van der Waals surface area contributed by atoms with E-state index < -0.39 is 0 Å². The molecule has 3 rings (SSSR count). The molecule has 24 heavy (non-hydrogen) atoms. The van der Waals surface area contributed by atoms with Crippen molar-refractivity contribution < 1.29 is 14.4 Å². The molecule has 0 atom stereocenters. The maximum atomic E-state index is 12.4. The summed E-state index contributed by atoms with van der Waals surface area (Å²) in [4.78, 5) is 42.9. The zero-order valence-electron chi connectivity index (χ0n) is 14.3. The number of thiazole rings is 1. The third-order valence-corrected chi connectivity index (χ3v) is 5.83. The first kappa shape index (κ1) is 17.1. The average molecular weight is 349 g/mol. The molecule has 0 saturated carbocycles. The van der Waals surface area contributed by atoms with E-state index in [-0.39, 0.29) is 28.9 Å². The number of nitrogens with zero attached hydrogens (tertiary/aromatic N) is 2. The Balaban J connectivity index is 1.64. The predicted molar refractivity (Wildman–Crippen MR) is 92.2 cm³/mol. The lowest BCUT2D eigenvalue weighted by Gasteiger charge is -2.30. The molecule has 0 aromatic carbocycles. The summed E-state index contributed by atoms with van der Waals surface area (Å²) in [5, 5.41) is 3.39. The third-order valence-electron chi connectivity index (χ3n) is 4.78. The maximum Gasteiger partial charge on any atom is 0.229 e. The molecule has 7 heteroatoms. The molecule has 1 aromatic rings.